The molecule has 0 aliphatic heterocycles. The van der Waals surface area contributed by atoms with E-state index in [4.69, 9.17) is 10.1 Å². The molecule has 1 N–H and O–H groups in total. The van der Waals surface area contributed by atoms with E-state index in [1.54, 1.807) is 30.3 Å². The van der Waals surface area contributed by atoms with Gasteiger partial charge >= 0.3 is 6.18 Å². The third kappa shape index (κ3) is 4.34. The summed E-state index contributed by atoms with van der Waals surface area (Å²) in [5.41, 5.74) is 0.423. The molecule has 5 nitrogen and oxygen atoms in total. The fourth-order valence-corrected chi connectivity index (χ4v) is 3.46. The molecule has 0 fully saturated rings. The minimum atomic E-state index is -4.59. The molecule has 0 radical (unpaired) electrons. The molecule has 9 heteroatoms. The highest BCUT2D eigenvalue weighted by Crippen LogP contribution is 2.39. The van der Waals surface area contributed by atoms with Crippen LogP contribution in [0.5, 0.6) is 11.6 Å². The number of nitrogens with one attached hydrogen (secondary N) is 1. The Bertz CT molecular complexity index is 1430. The number of ether oxygens (including phenoxy) is 1. The minimum Gasteiger partial charge on any atom is -0.436 e. The molecule has 0 unspecified atom stereocenters. The molecule has 33 heavy (non-hydrogen) atoms. The summed E-state index contributed by atoms with van der Waals surface area (Å²) >= 11 is 0. The molecule has 3 aromatic carbocycles. The predicted molar refractivity (Wildman–Crippen MR) is 117 cm³/mol. The van der Waals surface area contributed by atoms with Crippen molar-refractivity contribution in [3.63, 3.8) is 0 Å². The van der Waals surface area contributed by atoms with Crippen LogP contribution < -0.4 is 10.2 Å². The predicted octanol–water partition coefficient (Wildman–Crippen LogP) is 6.03. The summed E-state index contributed by atoms with van der Waals surface area (Å²) < 4.78 is 61.6. The van der Waals surface area contributed by atoms with E-state index in [1.165, 1.54) is 42.9 Å². The van der Waals surface area contributed by atoms with Gasteiger partial charge in [-0.25, -0.2) is 4.39 Å². The maximum Gasteiger partial charge on any atom is 0.416 e. The molecular weight excluding hydrogens is 436 g/mol. The fourth-order valence-electron chi connectivity index (χ4n) is 3.46. The van der Waals surface area contributed by atoms with E-state index in [0.29, 0.717) is 16.5 Å². The summed E-state index contributed by atoms with van der Waals surface area (Å²) in [7, 11) is 1.50. The lowest BCUT2D eigenvalue weighted by Gasteiger charge is -2.17. The Hall–Kier alpha value is -4.01. The fraction of sp³-hybridized carbons (Fsp3) is 0.125. The lowest BCUT2D eigenvalue weighted by Crippen LogP contribution is -2.29. The zero-order valence-electron chi connectivity index (χ0n) is 17.6. The van der Waals surface area contributed by atoms with Crippen molar-refractivity contribution in [3.8, 4) is 22.8 Å². The van der Waals surface area contributed by atoms with Crippen LogP contribution >= 0.6 is 0 Å². The zero-order chi connectivity index (χ0) is 23.8. The van der Waals surface area contributed by atoms with Gasteiger partial charge in [0, 0.05) is 18.0 Å². The number of fused-ring (bicyclic) bond motifs is 1. The highest BCUT2D eigenvalue weighted by molar-refractivity contribution is 5.89. The number of benzene rings is 3. The van der Waals surface area contributed by atoms with Crippen LogP contribution in [0, 0.1) is 11.2 Å². The Labute approximate surface area is 186 Å². The Morgan fingerprint density at radius 3 is 2.36 bits per heavy atom. The van der Waals surface area contributed by atoms with Gasteiger partial charge in [0.05, 0.1) is 10.9 Å². The monoisotopic (exact) mass is 454 g/mol. The molecule has 0 spiro atoms. The largest absolute Gasteiger partial charge is 0.436 e. The van der Waals surface area contributed by atoms with E-state index >= 15 is 0 Å². The molecule has 0 saturated carbocycles. The standard InChI is InChI=1S/C24H18F4N4O/c1-14(29)32-22(30-2)19-11-9-17(25)13-20(19)23(31-32)33-21-12-16(24(26,27)28)8-10-18(21)15-6-4-3-5-7-15/h3-13,29H,1-2H3/b29-14?,30-22-. The van der Waals surface area contributed by atoms with Gasteiger partial charge in [-0.15, -0.1) is 5.10 Å². The number of halogens is 4. The first-order valence-electron chi connectivity index (χ1n) is 9.84. The van der Waals surface area contributed by atoms with Gasteiger partial charge in [0.15, 0.2) is 5.49 Å². The van der Waals surface area contributed by atoms with Gasteiger partial charge in [-0.05, 0) is 42.8 Å². The van der Waals surface area contributed by atoms with Gasteiger partial charge in [0.2, 0.25) is 5.88 Å². The van der Waals surface area contributed by atoms with Gasteiger partial charge in [-0.2, -0.15) is 17.9 Å². The molecule has 4 rings (SSSR count). The first kappa shape index (κ1) is 22.2. The quantitative estimate of drug-likeness (QED) is 0.233. The molecule has 0 aliphatic carbocycles. The lowest BCUT2D eigenvalue weighted by molar-refractivity contribution is -0.137. The summed E-state index contributed by atoms with van der Waals surface area (Å²) in [6.45, 7) is 1.47. The average molecular weight is 454 g/mol. The number of alkyl halides is 3. The van der Waals surface area contributed by atoms with Crippen LogP contribution in [0.25, 0.3) is 21.9 Å². The maximum atomic E-state index is 14.1. The van der Waals surface area contributed by atoms with Crippen LogP contribution in [0.15, 0.2) is 71.7 Å². The zero-order valence-corrected chi connectivity index (χ0v) is 17.6. The van der Waals surface area contributed by atoms with Crippen molar-refractivity contribution in [3.05, 3.63) is 83.6 Å². The molecule has 0 saturated heterocycles. The van der Waals surface area contributed by atoms with Crippen molar-refractivity contribution in [2.75, 3.05) is 7.05 Å². The van der Waals surface area contributed by atoms with Crippen molar-refractivity contribution < 1.29 is 22.3 Å². The van der Waals surface area contributed by atoms with Gasteiger partial charge < -0.3 is 4.74 Å². The average Bonchev–Trinajstić information content (AvgIpc) is 2.78. The number of nitrogens with zero attached hydrogens (tertiary/aromatic N) is 3. The normalized spacial score (nSPS) is 12.2. The van der Waals surface area contributed by atoms with Gasteiger partial charge in [0.1, 0.15) is 17.4 Å². The molecule has 0 aliphatic rings. The first-order valence-corrected chi connectivity index (χ1v) is 9.84. The highest BCUT2D eigenvalue weighted by atomic mass is 19.4. The molecule has 0 bridgehead atoms. The van der Waals surface area contributed by atoms with E-state index in [9.17, 15) is 17.6 Å². The Morgan fingerprint density at radius 2 is 1.73 bits per heavy atom. The Balaban J connectivity index is 2.00. The van der Waals surface area contributed by atoms with Crippen molar-refractivity contribution in [2.24, 2.45) is 4.99 Å². The van der Waals surface area contributed by atoms with Crippen LogP contribution in [0.4, 0.5) is 17.6 Å². The number of hydrogen-bond donors (Lipinski definition) is 1. The van der Waals surface area contributed by atoms with Crippen LogP contribution in [0.1, 0.15) is 12.5 Å². The summed E-state index contributed by atoms with van der Waals surface area (Å²) in [5, 5.41) is 12.9. The smallest absolute Gasteiger partial charge is 0.416 e. The van der Waals surface area contributed by atoms with E-state index in [1.807, 2.05) is 0 Å². The summed E-state index contributed by atoms with van der Waals surface area (Å²) in [6.07, 6.45) is -4.59. The minimum absolute atomic E-state index is 0.000926. The first-order chi connectivity index (χ1) is 15.7. The molecule has 0 amide bonds. The van der Waals surface area contributed by atoms with Crippen molar-refractivity contribution in [1.82, 2.24) is 9.78 Å². The van der Waals surface area contributed by atoms with Crippen molar-refractivity contribution in [1.29, 1.82) is 5.41 Å². The summed E-state index contributed by atoms with van der Waals surface area (Å²) in [4.78, 5) is 4.14. The van der Waals surface area contributed by atoms with E-state index in [2.05, 4.69) is 10.1 Å². The van der Waals surface area contributed by atoms with Crippen LogP contribution in [-0.4, -0.2) is 22.7 Å². The number of hydrogen-bond acceptors (Lipinski definition) is 4. The molecule has 0 atom stereocenters. The molecular formula is C24H18F4N4O. The van der Waals surface area contributed by atoms with Crippen molar-refractivity contribution in [2.45, 2.75) is 13.1 Å². The van der Waals surface area contributed by atoms with Crippen LogP contribution in [-0.2, 0) is 6.18 Å². The summed E-state index contributed by atoms with van der Waals surface area (Å²) in [6, 6.07) is 15.8. The molecule has 4 aromatic rings. The number of aromatic nitrogens is 2. The second-order valence-electron chi connectivity index (χ2n) is 7.22. The summed E-state index contributed by atoms with van der Waals surface area (Å²) in [5.74, 6) is -0.837. The number of rotatable bonds is 3. The van der Waals surface area contributed by atoms with E-state index in [0.717, 1.165) is 12.1 Å². The second kappa shape index (κ2) is 8.50. The third-order valence-electron chi connectivity index (χ3n) is 4.97. The SMILES string of the molecule is C/N=c1/c2ccc(F)cc2c(Oc2cc(C(F)(F)F)ccc2-c2ccccc2)nn1C(C)=N. The molecule has 1 aromatic heterocycles. The Morgan fingerprint density at radius 1 is 1.00 bits per heavy atom. The van der Waals surface area contributed by atoms with E-state index in [-0.39, 0.29) is 28.3 Å². The third-order valence-corrected chi connectivity index (χ3v) is 4.97. The van der Waals surface area contributed by atoms with Gasteiger partial charge in [0.25, 0.3) is 0 Å². The maximum absolute atomic E-state index is 14.1. The Kier molecular flexibility index (Phi) is 5.71. The van der Waals surface area contributed by atoms with E-state index < -0.39 is 17.6 Å². The lowest BCUT2D eigenvalue weighted by atomic mass is 10.0. The molecule has 1 heterocycles. The van der Waals surface area contributed by atoms with Gasteiger partial charge in [-0.3, -0.25) is 10.4 Å². The van der Waals surface area contributed by atoms with Gasteiger partial charge in [-0.1, -0.05) is 36.4 Å². The highest BCUT2D eigenvalue weighted by Gasteiger charge is 2.31. The molecule has 168 valence electrons. The topological polar surface area (TPSA) is 63.3 Å². The van der Waals surface area contributed by atoms with Crippen LogP contribution in [0.3, 0.4) is 0 Å². The van der Waals surface area contributed by atoms with Crippen LogP contribution in [0.2, 0.25) is 0 Å². The van der Waals surface area contributed by atoms with Crippen molar-refractivity contribution >= 4 is 16.6 Å². The second-order valence-corrected chi connectivity index (χ2v) is 7.22.